The maximum atomic E-state index is 11.5. The first-order valence-corrected chi connectivity index (χ1v) is 4.74. The van der Waals surface area contributed by atoms with Gasteiger partial charge in [0.25, 0.3) is 5.91 Å². The fraction of sp³-hybridized carbons (Fsp3) is 0.375. The highest BCUT2D eigenvalue weighted by molar-refractivity contribution is 7.80. The number of hydrazine groups is 1. The molecule has 0 aliphatic rings. The smallest absolute Gasteiger partial charge is 0.290 e. The Hall–Kier alpha value is -1.63. The summed E-state index contributed by atoms with van der Waals surface area (Å²) in [6, 6.07) is 1.69. The van der Waals surface area contributed by atoms with Crippen molar-refractivity contribution in [3.8, 4) is 0 Å². The second kappa shape index (κ2) is 4.74. The Balaban J connectivity index is 2.58. The van der Waals surface area contributed by atoms with Crippen molar-refractivity contribution in [1.29, 1.82) is 0 Å². The summed E-state index contributed by atoms with van der Waals surface area (Å²) in [6.45, 7) is 1.87. The molecule has 0 fully saturated rings. The van der Waals surface area contributed by atoms with Gasteiger partial charge in [0.15, 0.2) is 10.8 Å². The lowest BCUT2D eigenvalue weighted by molar-refractivity contribution is 0.0938. The van der Waals surface area contributed by atoms with Crippen LogP contribution in [0.25, 0.3) is 0 Å². The van der Waals surface area contributed by atoms with Gasteiger partial charge in [-0.3, -0.25) is 20.3 Å². The molecule has 0 aliphatic carbocycles. The number of aromatic nitrogens is 2. The van der Waals surface area contributed by atoms with Crippen LogP contribution in [0, 0.1) is 6.92 Å². The minimum atomic E-state index is -0.323. The SMILES string of the molecule is CNC(=S)NNC(=O)c1cc(C)n(C)n1. The van der Waals surface area contributed by atoms with Gasteiger partial charge in [0.05, 0.1) is 0 Å². The molecule has 0 saturated carbocycles. The molecule has 1 heterocycles. The van der Waals surface area contributed by atoms with E-state index in [2.05, 4.69) is 21.3 Å². The summed E-state index contributed by atoms with van der Waals surface area (Å²) in [7, 11) is 3.43. The van der Waals surface area contributed by atoms with Crippen molar-refractivity contribution in [3.63, 3.8) is 0 Å². The van der Waals surface area contributed by atoms with E-state index < -0.39 is 0 Å². The van der Waals surface area contributed by atoms with Gasteiger partial charge < -0.3 is 5.32 Å². The summed E-state index contributed by atoms with van der Waals surface area (Å²) < 4.78 is 1.63. The number of thiocarbonyl (C=S) groups is 1. The Morgan fingerprint density at radius 1 is 1.53 bits per heavy atom. The average molecular weight is 227 g/mol. The fourth-order valence-corrected chi connectivity index (χ4v) is 0.963. The van der Waals surface area contributed by atoms with Crippen molar-refractivity contribution in [2.45, 2.75) is 6.92 Å². The van der Waals surface area contributed by atoms with Crippen molar-refractivity contribution in [3.05, 3.63) is 17.5 Å². The lowest BCUT2D eigenvalue weighted by atomic mass is 10.3. The molecule has 0 saturated heterocycles. The molecule has 1 rings (SSSR count). The second-order valence-corrected chi connectivity index (χ2v) is 3.36. The van der Waals surface area contributed by atoms with Crippen LogP contribution in [0.15, 0.2) is 6.07 Å². The lowest BCUT2D eigenvalue weighted by Gasteiger charge is -2.06. The summed E-state index contributed by atoms with van der Waals surface area (Å²) in [5.41, 5.74) is 6.21. The summed E-state index contributed by atoms with van der Waals surface area (Å²) in [5.74, 6) is -0.323. The number of aryl methyl sites for hydroxylation is 2. The first-order valence-electron chi connectivity index (χ1n) is 4.33. The van der Waals surface area contributed by atoms with E-state index in [1.54, 1.807) is 24.8 Å². The van der Waals surface area contributed by atoms with Gasteiger partial charge in [-0.25, -0.2) is 0 Å². The highest BCUT2D eigenvalue weighted by atomic mass is 32.1. The number of amides is 1. The Morgan fingerprint density at radius 3 is 2.67 bits per heavy atom. The molecule has 1 aromatic heterocycles. The zero-order valence-corrected chi connectivity index (χ0v) is 9.60. The molecule has 0 radical (unpaired) electrons. The van der Waals surface area contributed by atoms with Crippen molar-refractivity contribution in [2.75, 3.05) is 7.05 Å². The predicted molar refractivity (Wildman–Crippen MR) is 60.2 cm³/mol. The number of nitrogens with one attached hydrogen (secondary N) is 3. The van der Waals surface area contributed by atoms with E-state index in [9.17, 15) is 4.79 Å². The Kier molecular flexibility index (Phi) is 3.62. The summed E-state index contributed by atoms with van der Waals surface area (Å²) >= 11 is 4.79. The molecular formula is C8H13N5OS. The number of nitrogens with zero attached hydrogens (tertiary/aromatic N) is 2. The van der Waals surface area contributed by atoms with E-state index in [0.717, 1.165) is 5.69 Å². The van der Waals surface area contributed by atoms with Crippen LogP contribution < -0.4 is 16.2 Å². The van der Waals surface area contributed by atoms with Gasteiger partial charge in [0, 0.05) is 19.8 Å². The first-order chi connectivity index (χ1) is 7.04. The molecule has 0 aliphatic heterocycles. The van der Waals surface area contributed by atoms with Gasteiger partial charge in [-0.15, -0.1) is 0 Å². The molecule has 0 aromatic carbocycles. The molecule has 3 N–H and O–H groups in total. The zero-order chi connectivity index (χ0) is 11.4. The largest absolute Gasteiger partial charge is 0.364 e. The molecule has 7 heteroatoms. The number of hydrogen-bond acceptors (Lipinski definition) is 3. The topological polar surface area (TPSA) is 71.0 Å². The molecule has 0 unspecified atom stereocenters. The molecule has 15 heavy (non-hydrogen) atoms. The number of carbonyl (C=O) groups excluding carboxylic acids is 1. The van der Waals surface area contributed by atoms with E-state index in [1.807, 2.05) is 6.92 Å². The van der Waals surface area contributed by atoms with Crippen molar-refractivity contribution in [1.82, 2.24) is 25.9 Å². The molecular weight excluding hydrogens is 214 g/mol. The van der Waals surface area contributed by atoms with Gasteiger partial charge in [-0.1, -0.05) is 0 Å². The molecule has 1 aromatic rings. The molecule has 0 atom stereocenters. The Labute approximate surface area is 93.0 Å². The van der Waals surface area contributed by atoms with Crippen molar-refractivity contribution in [2.24, 2.45) is 7.05 Å². The van der Waals surface area contributed by atoms with Crippen LogP contribution in [-0.4, -0.2) is 27.8 Å². The molecule has 6 nitrogen and oxygen atoms in total. The summed E-state index contributed by atoms with van der Waals surface area (Å²) in [5, 5.41) is 7.03. The quantitative estimate of drug-likeness (QED) is 0.444. The van der Waals surface area contributed by atoms with Crippen LogP contribution in [0.4, 0.5) is 0 Å². The maximum absolute atomic E-state index is 11.5. The van der Waals surface area contributed by atoms with Crippen LogP contribution in [0.5, 0.6) is 0 Å². The van der Waals surface area contributed by atoms with Gasteiger partial charge >= 0.3 is 0 Å². The first kappa shape index (κ1) is 11.4. The number of rotatable bonds is 1. The predicted octanol–water partition coefficient (Wildman–Crippen LogP) is -0.533. The Bertz CT molecular complexity index is 367. The molecule has 0 bridgehead atoms. The van der Waals surface area contributed by atoms with Crippen LogP contribution in [0.2, 0.25) is 0 Å². The third-order valence-corrected chi connectivity index (χ3v) is 2.17. The fourth-order valence-electron chi connectivity index (χ4n) is 0.912. The molecule has 82 valence electrons. The molecule has 0 spiro atoms. The van der Waals surface area contributed by atoms with Crippen LogP contribution in [0.3, 0.4) is 0 Å². The normalized spacial score (nSPS) is 9.53. The lowest BCUT2D eigenvalue weighted by Crippen LogP contribution is -2.45. The second-order valence-electron chi connectivity index (χ2n) is 2.95. The summed E-state index contributed by atoms with van der Waals surface area (Å²) in [6.07, 6.45) is 0. The highest BCUT2D eigenvalue weighted by Crippen LogP contribution is 1.99. The highest BCUT2D eigenvalue weighted by Gasteiger charge is 2.10. The number of hydrogen-bond donors (Lipinski definition) is 3. The van der Waals surface area contributed by atoms with Crippen molar-refractivity contribution < 1.29 is 4.79 Å². The third kappa shape index (κ3) is 2.91. The minimum absolute atomic E-state index is 0.323. The third-order valence-electron chi connectivity index (χ3n) is 1.86. The number of carbonyl (C=O) groups is 1. The van der Waals surface area contributed by atoms with Crippen LogP contribution in [0.1, 0.15) is 16.2 Å². The zero-order valence-electron chi connectivity index (χ0n) is 8.79. The Morgan fingerprint density at radius 2 is 2.20 bits per heavy atom. The van der Waals surface area contributed by atoms with E-state index >= 15 is 0 Å². The van der Waals surface area contributed by atoms with Crippen LogP contribution >= 0.6 is 12.2 Å². The van der Waals surface area contributed by atoms with E-state index in [0.29, 0.717) is 10.8 Å². The van der Waals surface area contributed by atoms with Crippen molar-refractivity contribution >= 4 is 23.2 Å². The van der Waals surface area contributed by atoms with E-state index in [1.165, 1.54) is 0 Å². The van der Waals surface area contributed by atoms with Gasteiger partial charge in [0.2, 0.25) is 0 Å². The minimum Gasteiger partial charge on any atom is -0.364 e. The van der Waals surface area contributed by atoms with Crippen LogP contribution in [-0.2, 0) is 7.05 Å². The van der Waals surface area contributed by atoms with E-state index in [4.69, 9.17) is 12.2 Å². The monoisotopic (exact) mass is 227 g/mol. The standard InChI is InChI=1S/C8H13N5OS/c1-5-4-6(12-13(5)3)7(14)10-11-8(15)9-2/h4H,1-3H3,(H,10,14)(H2,9,11,15). The van der Waals surface area contributed by atoms with Gasteiger partial charge in [-0.05, 0) is 25.2 Å². The average Bonchev–Trinajstić information content (AvgIpc) is 2.55. The van der Waals surface area contributed by atoms with Gasteiger partial charge in [0.1, 0.15) is 0 Å². The van der Waals surface area contributed by atoms with Gasteiger partial charge in [-0.2, -0.15) is 5.10 Å². The molecule has 1 amide bonds. The summed E-state index contributed by atoms with van der Waals surface area (Å²) in [4.78, 5) is 11.5. The maximum Gasteiger partial charge on any atom is 0.290 e. The van der Waals surface area contributed by atoms with E-state index in [-0.39, 0.29) is 5.91 Å².